The molecule has 0 bridgehead atoms. The Morgan fingerprint density at radius 1 is 1.00 bits per heavy atom. The maximum atomic E-state index is 14.1. The van der Waals surface area contributed by atoms with E-state index in [2.05, 4.69) is 6.58 Å². The second-order valence-electron chi connectivity index (χ2n) is 6.93. The number of hydrogen-bond acceptors (Lipinski definition) is 2. The third-order valence-corrected chi connectivity index (χ3v) is 6.96. The summed E-state index contributed by atoms with van der Waals surface area (Å²) in [7, 11) is -3.91. The van der Waals surface area contributed by atoms with E-state index >= 15 is 0 Å². The fraction of sp³-hybridized carbons (Fsp3) is 0.130. The van der Waals surface area contributed by atoms with Gasteiger partial charge in [0.2, 0.25) is 0 Å². The Hall–Kier alpha value is -2.92. The van der Waals surface area contributed by atoms with Crippen LogP contribution in [0.3, 0.4) is 0 Å². The highest BCUT2D eigenvalue weighted by Crippen LogP contribution is 2.52. The van der Waals surface area contributed by atoms with Crippen LogP contribution in [0, 0.1) is 12.7 Å². The van der Waals surface area contributed by atoms with Crippen LogP contribution in [0.15, 0.2) is 90.3 Å². The van der Waals surface area contributed by atoms with E-state index in [9.17, 15) is 12.8 Å². The van der Waals surface area contributed by atoms with Gasteiger partial charge < -0.3 is 0 Å². The Kier molecular flexibility index (Phi) is 4.55. The van der Waals surface area contributed by atoms with Crippen molar-refractivity contribution in [1.29, 1.82) is 0 Å². The second-order valence-corrected chi connectivity index (χ2v) is 8.75. The molecule has 0 saturated carbocycles. The topological polar surface area (TPSA) is 37.4 Å². The van der Waals surface area contributed by atoms with E-state index in [1.165, 1.54) is 16.4 Å². The number of aryl methyl sites for hydroxylation is 1. The number of halogens is 1. The largest absolute Gasteiger partial charge is 0.264 e. The number of hydrogen-bond donors (Lipinski definition) is 0. The molecule has 2 atom stereocenters. The van der Waals surface area contributed by atoms with Crippen LogP contribution in [0.5, 0.6) is 0 Å². The zero-order valence-corrected chi connectivity index (χ0v) is 16.2. The molecule has 28 heavy (non-hydrogen) atoms. The molecule has 0 spiro atoms. The highest BCUT2D eigenvalue weighted by molar-refractivity contribution is 7.92. The summed E-state index contributed by atoms with van der Waals surface area (Å²) < 4.78 is 42.7. The maximum Gasteiger partial charge on any atom is 0.264 e. The molecule has 4 rings (SSSR count). The molecule has 5 heteroatoms. The summed E-state index contributed by atoms with van der Waals surface area (Å²) in [4.78, 5) is 0.180. The number of nitrogens with zero attached hydrogens (tertiary/aromatic N) is 1. The number of anilines is 1. The van der Waals surface area contributed by atoms with Gasteiger partial charge in [0, 0.05) is 5.92 Å². The number of rotatable bonds is 4. The first-order valence-corrected chi connectivity index (χ1v) is 10.5. The van der Waals surface area contributed by atoms with Gasteiger partial charge in [0.15, 0.2) is 0 Å². The molecule has 0 radical (unpaired) electrons. The normalized spacial score (nSPS) is 18.7. The molecule has 0 aromatic heterocycles. The highest BCUT2D eigenvalue weighted by atomic mass is 32.2. The first-order valence-electron chi connectivity index (χ1n) is 9.01. The summed E-state index contributed by atoms with van der Waals surface area (Å²) in [5.41, 5.74) is 2.91. The lowest BCUT2D eigenvalue weighted by Gasteiger charge is -2.29. The van der Waals surface area contributed by atoms with Gasteiger partial charge in [-0.15, -0.1) is 6.58 Å². The number of sulfonamides is 1. The molecule has 1 aliphatic rings. The third-order valence-electron chi connectivity index (χ3n) is 5.15. The van der Waals surface area contributed by atoms with E-state index in [0.717, 1.165) is 16.7 Å². The highest BCUT2D eigenvalue weighted by Gasteiger charge is 2.44. The van der Waals surface area contributed by atoms with E-state index in [0.29, 0.717) is 5.69 Å². The molecule has 0 amide bonds. The quantitative estimate of drug-likeness (QED) is 0.560. The van der Waals surface area contributed by atoms with Crippen molar-refractivity contribution in [3.05, 3.63) is 108 Å². The average Bonchev–Trinajstić information content (AvgIpc) is 3.03. The van der Waals surface area contributed by atoms with Gasteiger partial charge in [0.05, 0.1) is 16.6 Å². The molecule has 3 nitrogen and oxygen atoms in total. The van der Waals surface area contributed by atoms with Gasteiger partial charge in [0.1, 0.15) is 5.82 Å². The molecule has 142 valence electrons. The van der Waals surface area contributed by atoms with Crippen molar-refractivity contribution in [2.45, 2.75) is 23.8 Å². The van der Waals surface area contributed by atoms with Gasteiger partial charge in [0.25, 0.3) is 10.0 Å². The van der Waals surface area contributed by atoms with E-state index in [1.54, 1.807) is 36.4 Å². The second kappa shape index (κ2) is 6.91. The Morgan fingerprint density at radius 2 is 1.68 bits per heavy atom. The van der Waals surface area contributed by atoms with Crippen molar-refractivity contribution in [1.82, 2.24) is 0 Å². The minimum Gasteiger partial charge on any atom is -0.257 e. The Morgan fingerprint density at radius 3 is 2.32 bits per heavy atom. The van der Waals surface area contributed by atoms with Gasteiger partial charge in [-0.1, -0.05) is 60.2 Å². The van der Waals surface area contributed by atoms with Crippen molar-refractivity contribution in [3.63, 3.8) is 0 Å². The van der Waals surface area contributed by atoms with Crippen molar-refractivity contribution in [2.75, 3.05) is 4.31 Å². The van der Waals surface area contributed by atoms with Crippen LogP contribution in [0.2, 0.25) is 0 Å². The average molecular weight is 393 g/mol. The third kappa shape index (κ3) is 2.92. The van der Waals surface area contributed by atoms with Gasteiger partial charge in [-0.2, -0.15) is 0 Å². The smallest absolute Gasteiger partial charge is 0.257 e. The molecule has 1 heterocycles. The molecule has 0 fully saturated rings. The summed E-state index contributed by atoms with van der Waals surface area (Å²) in [6.45, 7) is 5.83. The molecular formula is C23H20FNO2S. The predicted molar refractivity (Wildman–Crippen MR) is 109 cm³/mol. The van der Waals surface area contributed by atoms with Gasteiger partial charge in [-0.25, -0.2) is 12.8 Å². The fourth-order valence-electron chi connectivity index (χ4n) is 3.81. The lowest BCUT2D eigenvalue weighted by molar-refractivity contribution is 0.576. The van der Waals surface area contributed by atoms with E-state index in [1.807, 2.05) is 37.3 Å². The zero-order valence-electron chi connectivity index (χ0n) is 15.4. The van der Waals surface area contributed by atoms with Gasteiger partial charge >= 0.3 is 0 Å². The van der Waals surface area contributed by atoms with Crippen molar-refractivity contribution >= 4 is 15.7 Å². The molecule has 0 unspecified atom stereocenters. The Balaban J connectivity index is 1.97. The minimum absolute atomic E-state index is 0.180. The summed E-state index contributed by atoms with van der Waals surface area (Å²) in [6, 6.07) is 19.9. The van der Waals surface area contributed by atoms with Crippen LogP contribution in [-0.2, 0) is 10.0 Å². The van der Waals surface area contributed by atoms with Crippen molar-refractivity contribution in [2.24, 2.45) is 0 Å². The van der Waals surface area contributed by atoms with Crippen LogP contribution in [-0.4, -0.2) is 8.42 Å². The van der Waals surface area contributed by atoms with E-state index < -0.39 is 21.9 Å². The molecule has 0 saturated heterocycles. The molecule has 0 aliphatic carbocycles. The van der Waals surface area contributed by atoms with E-state index in [4.69, 9.17) is 0 Å². The number of benzene rings is 3. The first kappa shape index (κ1) is 18.4. The Bertz CT molecular complexity index is 1130. The molecular weight excluding hydrogens is 373 g/mol. The predicted octanol–water partition coefficient (Wildman–Crippen LogP) is 5.35. The summed E-state index contributed by atoms with van der Waals surface area (Å²) >= 11 is 0. The van der Waals surface area contributed by atoms with Crippen LogP contribution in [0.4, 0.5) is 10.1 Å². The van der Waals surface area contributed by atoms with Crippen molar-refractivity contribution < 1.29 is 12.8 Å². The van der Waals surface area contributed by atoms with Crippen molar-refractivity contribution in [3.8, 4) is 0 Å². The SMILES string of the molecule is C=C[C@H]1c2ccc(F)cc2N(S(=O)(=O)c2ccc(C)cc2)[C@@H]1c1ccccc1. The lowest BCUT2D eigenvalue weighted by Crippen LogP contribution is -2.33. The van der Waals surface area contributed by atoms with Crippen LogP contribution >= 0.6 is 0 Å². The summed E-state index contributed by atoms with van der Waals surface area (Å²) in [5.74, 6) is -0.752. The number of fused-ring (bicyclic) bond motifs is 1. The first-order chi connectivity index (χ1) is 13.4. The van der Waals surface area contributed by atoms with E-state index in [-0.39, 0.29) is 10.8 Å². The van der Waals surface area contributed by atoms with Crippen LogP contribution < -0.4 is 4.31 Å². The van der Waals surface area contributed by atoms with Crippen LogP contribution in [0.25, 0.3) is 0 Å². The molecule has 3 aromatic carbocycles. The summed E-state index contributed by atoms with van der Waals surface area (Å²) in [6.07, 6.45) is 1.74. The Labute approximate surface area is 164 Å². The molecule has 1 aliphatic heterocycles. The monoisotopic (exact) mass is 393 g/mol. The molecule has 0 N–H and O–H groups in total. The zero-order chi connectivity index (χ0) is 19.9. The standard InChI is InChI=1S/C23H20FNO2S/c1-3-20-21-14-11-18(24)15-22(21)25(23(20)17-7-5-4-6-8-17)28(26,27)19-12-9-16(2)10-13-19/h3-15,20,23H,1H2,2H3/t20-,23+/m0/s1. The van der Waals surface area contributed by atoms with Crippen LogP contribution in [0.1, 0.15) is 28.7 Å². The van der Waals surface area contributed by atoms with Gasteiger partial charge in [-0.3, -0.25) is 4.31 Å². The lowest BCUT2D eigenvalue weighted by atomic mass is 9.91. The molecule has 3 aromatic rings. The van der Waals surface area contributed by atoms with Gasteiger partial charge in [-0.05, 0) is 42.3 Å². The maximum absolute atomic E-state index is 14.1. The summed E-state index contributed by atoms with van der Waals surface area (Å²) in [5, 5.41) is 0. The fourth-order valence-corrected chi connectivity index (χ4v) is 5.48. The minimum atomic E-state index is -3.91.